The molecule has 0 aliphatic rings. The second-order valence-electron chi connectivity index (χ2n) is 4.62. The molecule has 0 saturated heterocycles. The van der Waals surface area contributed by atoms with Crippen molar-refractivity contribution < 1.29 is 9.18 Å². The fourth-order valence-electron chi connectivity index (χ4n) is 1.85. The van der Waals surface area contributed by atoms with Gasteiger partial charge in [0.2, 0.25) is 0 Å². The molecule has 1 rings (SSSR count). The Kier molecular flexibility index (Phi) is 5.69. The van der Waals surface area contributed by atoms with Gasteiger partial charge in [-0.3, -0.25) is 9.79 Å². The molecule has 0 aromatic heterocycles. The number of rotatable bonds is 6. The van der Waals surface area contributed by atoms with Crippen LogP contribution in [-0.2, 0) is 11.2 Å². The van der Waals surface area contributed by atoms with Crippen molar-refractivity contribution in [3.05, 3.63) is 35.6 Å². The number of halogens is 1. The van der Waals surface area contributed by atoms with Crippen LogP contribution in [0.2, 0.25) is 0 Å². The van der Waals surface area contributed by atoms with Crippen molar-refractivity contribution in [3.63, 3.8) is 0 Å². The molecule has 3 heteroatoms. The maximum atomic E-state index is 13.6. The first-order chi connectivity index (χ1) is 8.52. The lowest BCUT2D eigenvalue weighted by Gasteiger charge is -2.13. The molecule has 0 fully saturated rings. The van der Waals surface area contributed by atoms with Crippen LogP contribution in [0.25, 0.3) is 0 Å². The summed E-state index contributed by atoms with van der Waals surface area (Å²) in [7, 11) is 0. The SMILES string of the molecule is CCC(=O)CC(Cc1ccccc1F)N=C(C)C. The number of ketones is 1. The third-order valence-electron chi connectivity index (χ3n) is 2.71. The topological polar surface area (TPSA) is 29.4 Å². The van der Waals surface area contributed by atoms with Crippen LogP contribution in [0, 0.1) is 5.82 Å². The van der Waals surface area contributed by atoms with Crippen LogP contribution in [0.15, 0.2) is 29.3 Å². The average Bonchev–Trinajstić information content (AvgIpc) is 2.31. The molecule has 0 saturated carbocycles. The van der Waals surface area contributed by atoms with Crippen LogP contribution in [-0.4, -0.2) is 17.5 Å². The molecule has 0 spiro atoms. The first-order valence-corrected chi connectivity index (χ1v) is 6.29. The molecule has 1 aromatic rings. The van der Waals surface area contributed by atoms with Crippen molar-refractivity contribution in [1.82, 2.24) is 0 Å². The molecule has 0 bridgehead atoms. The first kappa shape index (κ1) is 14.6. The van der Waals surface area contributed by atoms with Gasteiger partial charge in [-0.05, 0) is 31.9 Å². The van der Waals surface area contributed by atoms with Crippen LogP contribution < -0.4 is 0 Å². The van der Waals surface area contributed by atoms with Crippen molar-refractivity contribution in [2.75, 3.05) is 0 Å². The van der Waals surface area contributed by atoms with E-state index >= 15 is 0 Å². The number of carbonyl (C=O) groups excluding carboxylic acids is 1. The van der Waals surface area contributed by atoms with Gasteiger partial charge in [0.1, 0.15) is 11.6 Å². The molecule has 0 radical (unpaired) electrons. The minimum Gasteiger partial charge on any atom is -0.300 e. The molecule has 1 atom stereocenters. The molecular formula is C15H20FNO. The second-order valence-corrected chi connectivity index (χ2v) is 4.62. The summed E-state index contributed by atoms with van der Waals surface area (Å²) in [6.45, 7) is 5.63. The van der Waals surface area contributed by atoms with E-state index in [4.69, 9.17) is 0 Å². The number of Topliss-reactive ketones (excluding diaryl/α,β-unsaturated/α-hetero) is 1. The first-order valence-electron chi connectivity index (χ1n) is 6.29. The largest absolute Gasteiger partial charge is 0.300 e. The Bertz CT molecular complexity index is 436. The Hall–Kier alpha value is -1.51. The van der Waals surface area contributed by atoms with Gasteiger partial charge in [-0.15, -0.1) is 0 Å². The summed E-state index contributed by atoms with van der Waals surface area (Å²) in [6.07, 6.45) is 1.37. The van der Waals surface area contributed by atoms with Gasteiger partial charge in [-0.1, -0.05) is 25.1 Å². The van der Waals surface area contributed by atoms with Crippen molar-refractivity contribution in [2.24, 2.45) is 4.99 Å². The number of aliphatic imine (C=N–C) groups is 1. The Balaban J connectivity index is 2.82. The van der Waals surface area contributed by atoms with E-state index in [0.717, 1.165) is 5.71 Å². The highest BCUT2D eigenvalue weighted by molar-refractivity contribution is 5.81. The van der Waals surface area contributed by atoms with E-state index in [2.05, 4.69) is 4.99 Å². The molecule has 98 valence electrons. The number of carbonyl (C=O) groups is 1. The Morgan fingerprint density at radius 3 is 2.56 bits per heavy atom. The predicted octanol–water partition coefficient (Wildman–Crippen LogP) is 3.59. The number of benzene rings is 1. The lowest BCUT2D eigenvalue weighted by Crippen LogP contribution is -2.16. The van der Waals surface area contributed by atoms with Crippen LogP contribution >= 0.6 is 0 Å². The van der Waals surface area contributed by atoms with E-state index in [1.54, 1.807) is 18.2 Å². The van der Waals surface area contributed by atoms with E-state index in [-0.39, 0.29) is 17.6 Å². The molecule has 0 heterocycles. The van der Waals surface area contributed by atoms with E-state index in [1.807, 2.05) is 20.8 Å². The molecule has 18 heavy (non-hydrogen) atoms. The summed E-state index contributed by atoms with van der Waals surface area (Å²) >= 11 is 0. The van der Waals surface area contributed by atoms with Gasteiger partial charge >= 0.3 is 0 Å². The van der Waals surface area contributed by atoms with Crippen molar-refractivity contribution in [1.29, 1.82) is 0 Å². The molecule has 0 amide bonds. The molecule has 0 aliphatic heterocycles. The zero-order chi connectivity index (χ0) is 13.5. The van der Waals surface area contributed by atoms with Crippen molar-refractivity contribution in [3.8, 4) is 0 Å². The third-order valence-corrected chi connectivity index (χ3v) is 2.71. The van der Waals surface area contributed by atoms with Gasteiger partial charge in [0, 0.05) is 18.6 Å². The Morgan fingerprint density at radius 1 is 1.33 bits per heavy atom. The smallest absolute Gasteiger partial charge is 0.134 e. The molecule has 1 aromatic carbocycles. The second kappa shape index (κ2) is 7.04. The summed E-state index contributed by atoms with van der Waals surface area (Å²) in [5, 5.41) is 0. The standard InChI is InChI=1S/C15H20FNO/c1-4-14(18)10-13(17-11(2)3)9-12-7-5-6-8-15(12)16/h5-8,13H,4,9-10H2,1-3H3. The summed E-state index contributed by atoms with van der Waals surface area (Å²) in [6, 6.07) is 6.51. The predicted molar refractivity (Wildman–Crippen MR) is 72.6 cm³/mol. The van der Waals surface area contributed by atoms with E-state index in [9.17, 15) is 9.18 Å². The highest BCUT2D eigenvalue weighted by Gasteiger charge is 2.14. The lowest BCUT2D eigenvalue weighted by molar-refractivity contribution is -0.119. The number of hydrogen-bond donors (Lipinski definition) is 0. The van der Waals surface area contributed by atoms with Crippen molar-refractivity contribution >= 4 is 11.5 Å². The van der Waals surface area contributed by atoms with Crippen molar-refractivity contribution in [2.45, 2.75) is 46.1 Å². The molecule has 0 N–H and O–H groups in total. The fourth-order valence-corrected chi connectivity index (χ4v) is 1.85. The van der Waals surface area contributed by atoms with Crippen LogP contribution in [0.4, 0.5) is 4.39 Å². The highest BCUT2D eigenvalue weighted by atomic mass is 19.1. The van der Waals surface area contributed by atoms with E-state index in [1.165, 1.54) is 6.07 Å². The van der Waals surface area contributed by atoms with Gasteiger partial charge in [-0.2, -0.15) is 0 Å². The summed E-state index contributed by atoms with van der Waals surface area (Å²) in [5.41, 5.74) is 1.54. The van der Waals surface area contributed by atoms with Crippen LogP contribution in [0.3, 0.4) is 0 Å². The van der Waals surface area contributed by atoms with Gasteiger partial charge in [-0.25, -0.2) is 4.39 Å². The molecule has 0 aliphatic carbocycles. The number of nitrogens with zero attached hydrogens (tertiary/aromatic N) is 1. The minimum absolute atomic E-state index is 0.153. The number of hydrogen-bond acceptors (Lipinski definition) is 2. The average molecular weight is 249 g/mol. The quantitative estimate of drug-likeness (QED) is 0.708. The zero-order valence-corrected chi connectivity index (χ0v) is 11.2. The highest BCUT2D eigenvalue weighted by Crippen LogP contribution is 2.14. The maximum absolute atomic E-state index is 13.6. The Labute approximate surface area is 108 Å². The van der Waals surface area contributed by atoms with Gasteiger partial charge < -0.3 is 0 Å². The van der Waals surface area contributed by atoms with E-state index in [0.29, 0.717) is 24.8 Å². The summed E-state index contributed by atoms with van der Waals surface area (Å²) in [5.74, 6) is -0.0586. The van der Waals surface area contributed by atoms with Gasteiger partial charge in [0.05, 0.1) is 6.04 Å². The minimum atomic E-state index is -0.226. The molecular weight excluding hydrogens is 229 g/mol. The maximum Gasteiger partial charge on any atom is 0.134 e. The van der Waals surface area contributed by atoms with Crippen LogP contribution in [0.5, 0.6) is 0 Å². The van der Waals surface area contributed by atoms with Gasteiger partial charge in [0.15, 0.2) is 0 Å². The Morgan fingerprint density at radius 2 is 2.00 bits per heavy atom. The molecule has 2 nitrogen and oxygen atoms in total. The fraction of sp³-hybridized carbons (Fsp3) is 0.467. The van der Waals surface area contributed by atoms with E-state index < -0.39 is 0 Å². The summed E-state index contributed by atoms with van der Waals surface area (Å²) in [4.78, 5) is 15.9. The monoisotopic (exact) mass is 249 g/mol. The lowest BCUT2D eigenvalue weighted by atomic mass is 10.0. The van der Waals surface area contributed by atoms with Crippen LogP contribution in [0.1, 0.15) is 39.2 Å². The normalized spacial score (nSPS) is 12.0. The summed E-state index contributed by atoms with van der Waals surface area (Å²) < 4.78 is 13.6. The van der Waals surface area contributed by atoms with Gasteiger partial charge in [0.25, 0.3) is 0 Å². The zero-order valence-electron chi connectivity index (χ0n) is 11.2. The molecule has 1 unspecified atom stereocenters. The third kappa shape index (κ3) is 4.78.